The third-order valence-electron chi connectivity index (χ3n) is 27.1. The summed E-state index contributed by atoms with van der Waals surface area (Å²) in [4.78, 5) is 125. The number of sulfonamides is 2. The number of rotatable bonds is 20. The van der Waals surface area contributed by atoms with Crippen molar-refractivity contribution in [3.63, 3.8) is 0 Å². The standard InChI is InChI=1S/2C44H55F4N3O10S/c2*1-26-8-5-6-9-29-21-43(29,40(55)50-62(56,57)42(24-45)13-14-42)22-35(52)34-19-31(60-38-32-11-10-30(58-4)17-28(32)18-36(49-38)44(46,47)48)23-51(34)39(54)33(27(2)16-26)20-37(53)61-41(3)12-7-15-59-25-41/h2*6,9-11,17-18,26-27,29,31,33-34H,5,7-8,12-16,19-25H2,1-4H3,(H,50,55)/b2*9-6-/t26-,27+,29+,31+,33-,34-,41?,43+;26-,27-,29-,31-,33+,34+,41?,43-/m01/s1. The first kappa shape index (κ1) is 93.0. The Balaban J connectivity index is 0.000000213. The monoisotopic (exact) mass is 1790 g/mol. The summed E-state index contributed by atoms with van der Waals surface area (Å²) in [7, 11) is -6.13. The molecule has 8 heterocycles. The number of hydrogen-bond acceptors (Lipinski definition) is 22. The minimum atomic E-state index is -4.86. The van der Waals surface area contributed by atoms with E-state index in [0.29, 0.717) is 88.9 Å². The number of Topliss-reactive ketones (excluding diaryl/α,β-unsaturated/α-hetero) is 2. The number of methoxy groups -OCH3 is 2. The zero-order valence-electron chi connectivity index (χ0n) is 70.9. The molecular weight excluding hydrogens is 1680 g/mol. The molecule has 14 rings (SSSR count). The molecule has 6 aliphatic heterocycles. The molecule has 124 heavy (non-hydrogen) atoms. The zero-order chi connectivity index (χ0) is 89.7. The normalized spacial score (nSPS) is 32.1. The minimum Gasteiger partial charge on any atom is -0.497 e. The Kier molecular flexibility index (Phi) is 27.2. The molecule has 2 aromatic heterocycles. The van der Waals surface area contributed by atoms with Crippen molar-refractivity contribution >= 4 is 88.7 Å². The second kappa shape index (κ2) is 36.2. The van der Waals surface area contributed by atoms with Crippen molar-refractivity contribution in [2.24, 2.45) is 58.2 Å². The number of aromatic nitrogens is 2. The fraction of sp³-hybridized carbons (Fsp3) is 0.659. The summed E-state index contributed by atoms with van der Waals surface area (Å²) in [6.45, 7) is 9.85. The number of pyridine rings is 2. The molecule has 0 radical (unpaired) electrons. The third kappa shape index (κ3) is 20.3. The Morgan fingerprint density at radius 1 is 0.548 bits per heavy atom. The number of hydrogen-bond donors (Lipinski definition) is 2. The van der Waals surface area contributed by atoms with Crippen LogP contribution in [-0.2, 0) is 89.7 Å². The highest BCUT2D eigenvalue weighted by molar-refractivity contribution is 7.92. The SMILES string of the molecule is COc1ccc2c(O[C@@H]3C[C@H]4C(=O)C[C@]5(C(=O)NS(=O)(=O)C6(CF)CC6)C[C@H]5/C=C\CC[C@@H](C)C[C@@H](C)[C@H](CC(=O)OC5(C)CCCOC5)C(=O)N4C3)nc(C(F)(F)F)cc2c1.COc1ccc2c(O[C@@H]3C[C@H]4C(=O)C[C@]5(C(=O)NS(=O)(=O)C6(CF)CC6)C[C@H]5/C=C\CC[C@H](C)C[C@@H](C)[C@H](CC(=O)OC5(C)CCCOC5)C(=O)N4C3)nc(C(F)(F)F)cc2c1. The van der Waals surface area contributed by atoms with Gasteiger partial charge in [0.05, 0.1) is 88.1 Å². The molecule has 2 N–H and O–H groups in total. The van der Waals surface area contributed by atoms with Crippen LogP contribution in [-0.4, -0.2) is 196 Å². The number of nitrogens with zero attached hydrogens (tertiary/aromatic N) is 4. The average molecular weight is 1790 g/mol. The zero-order valence-corrected chi connectivity index (χ0v) is 72.5. The topological polar surface area (TPSA) is 335 Å². The molecule has 4 aliphatic carbocycles. The number of amides is 4. The van der Waals surface area contributed by atoms with E-state index < -0.39 is 208 Å². The first-order chi connectivity index (χ1) is 58.4. The van der Waals surface area contributed by atoms with E-state index in [1.807, 2.05) is 39.8 Å². The molecule has 4 saturated carbocycles. The van der Waals surface area contributed by atoms with Crippen LogP contribution in [0.1, 0.15) is 194 Å². The van der Waals surface area contributed by atoms with Crippen molar-refractivity contribution in [1.29, 1.82) is 0 Å². The fourth-order valence-corrected chi connectivity index (χ4v) is 21.8. The lowest BCUT2D eigenvalue weighted by Gasteiger charge is -2.35. The van der Waals surface area contributed by atoms with Crippen molar-refractivity contribution in [2.75, 3.05) is 67.1 Å². The maximum atomic E-state index is 15.0. The summed E-state index contributed by atoms with van der Waals surface area (Å²) in [5.41, 5.74) is -7.32. The number of allylic oxidation sites excluding steroid dienone is 4. The van der Waals surface area contributed by atoms with Crippen LogP contribution in [0.4, 0.5) is 35.1 Å². The van der Waals surface area contributed by atoms with Gasteiger partial charge in [0, 0.05) is 49.7 Å². The summed E-state index contributed by atoms with van der Waals surface area (Å²) in [6, 6.07) is 8.03. The van der Waals surface area contributed by atoms with E-state index in [1.54, 1.807) is 26.0 Å². The summed E-state index contributed by atoms with van der Waals surface area (Å²) < 4.78 is 213. The highest BCUT2D eigenvalue weighted by Crippen LogP contribution is 2.60. The van der Waals surface area contributed by atoms with Crippen LogP contribution in [0.25, 0.3) is 21.5 Å². The number of ketones is 2. The second-order valence-electron chi connectivity index (χ2n) is 36.9. The van der Waals surface area contributed by atoms with Crippen molar-refractivity contribution in [2.45, 2.75) is 240 Å². The van der Waals surface area contributed by atoms with E-state index in [-0.39, 0.29) is 136 Å². The van der Waals surface area contributed by atoms with Gasteiger partial charge < -0.3 is 47.7 Å². The molecule has 4 aromatic rings. The van der Waals surface area contributed by atoms with Gasteiger partial charge in [0.1, 0.15) is 69.1 Å². The van der Waals surface area contributed by atoms with E-state index >= 15 is 9.59 Å². The van der Waals surface area contributed by atoms with Crippen molar-refractivity contribution in [1.82, 2.24) is 29.2 Å². The average Bonchev–Trinajstić information content (AvgIpc) is 1.56. The predicted octanol–water partition coefficient (Wildman–Crippen LogP) is 13.3. The maximum Gasteiger partial charge on any atom is 0.433 e. The van der Waals surface area contributed by atoms with Gasteiger partial charge in [-0.05, 0) is 211 Å². The number of esters is 2. The molecule has 4 amide bonds. The van der Waals surface area contributed by atoms with Crippen molar-refractivity contribution < 1.29 is 128 Å². The summed E-state index contributed by atoms with van der Waals surface area (Å²) in [5.74, 6) is -9.35. The van der Waals surface area contributed by atoms with Crippen molar-refractivity contribution in [3.05, 3.63) is 84.2 Å². The predicted molar refractivity (Wildman–Crippen MR) is 434 cm³/mol. The Labute approximate surface area is 715 Å². The van der Waals surface area contributed by atoms with Crippen LogP contribution in [0.5, 0.6) is 23.3 Å². The van der Waals surface area contributed by atoms with Gasteiger partial charge in [-0.1, -0.05) is 52.0 Å². The highest BCUT2D eigenvalue weighted by Gasteiger charge is 2.66. The van der Waals surface area contributed by atoms with Gasteiger partial charge in [0.2, 0.25) is 55.4 Å². The van der Waals surface area contributed by atoms with E-state index in [9.17, 15) is 80.7 Å². The van der Waals surface area contributed by atoms with E-state index in [0.717, 1.165) is 12.1 Å². The smallest absolute Gasteiger partial charge is 0.433 e. The molecule has 8 fully saturated rings. The van der Waals surface area contributed by atoms with Gasteiger partial charge in [-0.2, -0.15) is 26.3 Å². The quantitative estimate of drug-likeness (QED) is 0.0471. The summed E-state index contributed by atoms with van der Waals surface area (Å²) in [6.07, 6.45) is -0.00415. The lowest BCUT2D eigenvalue weighted by molar-refractivity contribution is -0.174. The van der Waals surface area contributed by atoms with Crippen LogP contribution in [0.15, 0.2) is 72.8 Å². The van der Waals surface area contributed by atoms with Gasteiger partial charge in [-0.25, -0.2) is 35.6 Å². The number of fused-ring (bicyclic) bond motifs is 6. The number of alkyl halides is 8. The molecule has 0 spiro atoms. The molecule has 4 saturated heterocycles. The maximum absolute atomic E-state index is 15.0. The first-order valence-electron chi connectivity index (χ1n) is 42.7. The molecule has 16 atom stereocenters. The molecular formula is C88H110F8N6O20S2. The van der Waals surface area contributed by atoms with Gasteiger partial charge in [0.15, 0.2) is 11.6 Å². The van der Waals surface area contributed by atoms with Gasteiger partial charge in [-0.15, -0.1) is 0 Å². The molecule has 680 valence electrons. The number of halogens is 8. The van der Waals surface area contributed by atoms with Gasteiger partial charge in [-0.3, -0.25) is 47.8 Å². The molecule has 26 nitrogen and oxygen atoms in total. The Morgan fingerprint density at radius 3 is 1.26 bits per heavy atom. The van der Waals surface area contributed by atoms with E-state index in [4.69, 9.17) is 37.9 Å². The molecule has 10 aliphatic rings. The highest BCUT2D eigenvalue weighted by atomic mass is 32.2. The van der Waals surface area contributed by atoms with Crippen LogP contribution < -0.4 is 28.4 Å². The summed E-state index contributed by atoms with van der Waals surface area (Å²) in [5, 5.41) is 0.680. The molecule has 2 aromatic carbocycles. The van der Waals surface area contributed by atoms with E-state index in [1.165, 1.54) is 60.4 Å². The number of carbonyl (C=O) groups is 8. The largest absolute Gasteiger partial charge is 0.497 e. The van der Waals surface area contributed by atoms with Crippen LogP contribution in [0.3, 0.4) is 0 Å². The Hall–Kier alpha value is -8.64. The first-order valence-corrected chi connectivity index (χ1v) is 45.7. The van der Waals surface area contributed by atoms with Crippen LogP contribution >= 0.6 is 0 Å². The van der Waals surface area contributed by atoms with E-state index in [2.05, 4.69) is 19.4 Å². The van der Waals surface area contributed by atoms with Gasteiger partial charge in [0.25, 0.3) is 0 Å². The summed E-state index contributed by atoms with van der Waals surface area (Å²) >= 11 is 0. The molecule has 0 bridgehead atoms. The lowest BCUT2D eigenvalue weighted by atomic mass is 9.82. The Morgan fingerprint density at radius 2 is 0.927 bits per heavy atom. The van der Waals surface area contributed by atoms with Crippen LogP contribution in [0, 0.1) is 58.2 Å². The Bertz CT molecular complexity index is 4720. The van der Waals surface area contributed by atoms with Gasteiger partial charge >= 0.3 is 24.3 Å². The third-order valence-corrected chi connectivity index (χ3v) is 31.3. The fourth-order valence-electron chi connectivity index (χ4n) is 18.9. The van der Waals surface area contributed by atoms with Crippen molar-refractivity contribution in [3.8, 4) is 23.3 Å². The molecule has 36 heteroatoms. The second-order valence-corrected chi connectivity index (χ2v) is 41.1. The lowest BCUT2D eigenvalue weighted by Crippen LogP contribution is -2.48. The van der Waals surface area contributed by atoms with Crippen LogP contribution in [0.2, 0.25) is 0 Å². The minimum absolute atomic E-state index is 0.0454. The number of carbonyl (C=O) groups excluding carboxylic acids is 8. The molecule has 2 unspecified atom stereocenters. The number of ether oxygens (including phenoxy) is 8. The number of benzene rings is 2. The number of nitrogens with one attached hydrogen (secondary N) is 2.